The van der Waals surface area contributed by atoms with Gasteiger partial charge in [-0.25, -0.2) is 4.79 Å². The molecule has 30 heavy (non-hydrogen) atoms. The summed E-state index contributed by atoms with van der Waals surface area (Å²) < 4.78 is 9.41. The van der Waals surface area contributed by atoms with E-state index in [0.717, 1.165) is 12.8 Å². The smallest absolute Gasteiger partial charge is 0.413 e. The number of hydrogen-bond acceptors (Lipinski definition) is 4. The number of esters is 2. The molecule has 0 heterocycles. The van der Waals surface area contributed by atoms with Gasteiger partial charge in [-0.3, -0.25) is 4.79 Å². The second-order valence-electron chi connectivity index (χ2n) is 7.33. The van der Waals surface area contributed by atoms with E-state index in [0.29, 0.717) is 31.3 Å². The van der Waals surface area contributed by atoms with Crippen LogP contribution in [0.15, 0.2) is 36.5 Å². The average Bonchev–Trinajstić information content (AvgIpc) is 3.34. The van der Waals surface area contributed by atoms with Crippen LogP contribution in [0.5, 0.6) is 0 Å². The topological polar surface area (TPSA) is 89.0 Å². The maximum atomic E-state index is 11.6. The molecule has 0 aliphatic heterocycles. The van der Waals surface area contributed by atoms with Gasteiger partial charge >= 0.3 is 18.2 Å². The summed E-state index contributed by atoms with van der Waals surface area (Å²) >= 11 is 0. The first kappa shape index (κ1) is 25.6. The maximum Gasteiger partial charge on any atom is 0.413 e. The molecule has 3 rings (SSSR count). The molecule has 0 amide bonds. The monoisotopic (exact) mass is 416 g/mol. The number of hydrogen-bond donors (Lipinski definition) is 0. The Balaban J connectivity index is 0.000000243. The fourth-order valence-electron chi connectivity index (χ4n) is 3.72. The SMILES string of the molecule is C1=CCC/C=C\CC1.CCOC(=O)C1[C@H]2CC/C=C\CC[C@@H]12.CCOC(=O)C=[N+]=[N-]. The number of nitrogens with zero attached hydrogens (tertiary/aromatic N) is 2. The van der Waals surface area contributed by atoms with E-state index in [-0.39, 0.29) is 11.9 Å². The third-order valence-electron chi connectivity index (χ3n) is 5.17. The molecule has 0 bridgehead atoms. The molecule has 1 unspecified atom stereocenters. The van der Waals surface area contributed by atoms with Crippen LogP contribution in [0, 0.1) is 17.8 Å². The minimum atomic E-state index is -0.630. The molecule has 3 aliphatic carbocycles. The Morgan fingerprint density at radius 1 is 0.833 bits per heavy atom. The van der Waals surface area contributed by atoms with Gasteiger partial charge in [0.15, 0.2) is 0 Å². The Hall–Kier alpha value is -2.46. The van der Waals surface area contributed by atoms with Crippen molar-refractivity contribution in [2.24, 2.45) is 17.8 Å². The predicted molar refractivity (Wildman–Crippen MR) is 118 cm³/mol. The van der Waals surface area contributed by atoms with Gasteiger partial charge in [-0.1, -0.05) is 36.5 Å². The van der Waals surface area contributed by atoms with Gasteiger partial charge in [0.2, 0.25) is 0 Å². The Bertz CT molecular complexity index is 606. The molecule has 1 fully saturated rings. The molecule has 3 aliphatic rings. The van der Waals surface area contributed by atoms with Gasteiger partial charge in [0.25, 0.3) is 0 Å². The molecular weight excluding hydrogens is 380 g/mol. The third-order valence-corrected chi connectivity index (χ3v) is 5.17. The van der Waals surface area contributed by atoms with E-state index in [9.17, 15) is 9.59 Å². The summed E-state index contributed by atoms with van der Waals surface area (Å²) in [5, 5.41) is 0. The van der Waals surface area contributed by atoms with Crippen LogP contribution in [0.1, 0.15) is 65.2 Å². The van der Waals surface area contributed by atoms with Crippen LogP contribution in [0.2, 0.25) is 0 Å². The van der Waals surface area contributed by atoms with Gasteiger partial charge in [-0.05, 0) is 77.0 Å². The normalized spacial score (nSPS) is 25.9. The summed E-state index contributed by atoms with van der Waals surface area (Å²) in [5.74, 6) is 0.896. The third kappa shape index (κ3) is 10.9. The fraction of sp³-hybridized carbons (Fsp3) is 0.625. The van der Waals surface area contributed by atoms with Crippen molar-refractivity contribution in [3.05, 3.63) is 42.0 Å². The lowest BCUT2D eigenvalue weighted by atomic mass is 10.1. The van der Waals surface area contributed by atoms with E-state index in [1.165, 1.54) is 38.5 Å². The number of carbonyl (C=O) groups excluding carboxylic acids is 2. The first-order valence-corrected chi connectivity index (χ1v) is 11.1. The lowest BCUT2D eigenvalue weighted by Crippen LogP contribution is -2.08. The van der Waals surface area contributed by atoms with Crippen molar-refractivity contribution < 1.29 is 23.9 Å². The minimum Gasteiger partial charge on any atom is -0.466 e. The van der Waals surface area contributed by atoms with Crippen LogP contribution in [0.3, 0.4) is 0 Å². The van der Waals surface area contributed by atoms with Gasteiger partial charge in [0, 0.05) is 0 Å². The van der Waals surface area contributed by atoms with Crippen molar-refractivity contribution in [1.29, 1.82) is 0 Å². The number of allylic oxidation sites excluding steroid dienone is 6. The molecule has 6 heteroatoms. The van der Waals surface area contributed by atoms with Crippen molar-refractivity contribution in [2.45, 2.75) is 65.2 Å². The Kier molecular flexibility index (Phi) is 13.9. The number of carbonyl (C=O) groups is 2. The summed E-state index contributed by atoms with van der Waals surface area (Å²) in [5.41, 5.74) is 7.73. The quantitative estimate of drug-likeness (QED) is 0.210. The van der Waals surface area contributed by atoms with Crippen molar-refractivity contribution in [3.8, 4) is 0 Å². The highest BCUT2D eigenvalue weighted by Crippen LogP contribution is 2.53. The first-order valence-electron chi connectivity index (χ1n) is 11.1. The molecule has 1 saturated carbocycles. The van der Waals surface area contributed by atoms with E-state index in [2.05, 4.69) is 46.0 Å². The molecule has 0 aromatic carbocycles. The molecule has 6 nitrogen and oxygen atoms in total. The molecule has 3 atom stereocenters. The van der Waals surface area contributed by atoms with Crippen molar-refractivity contribution >= 4 is 18.2 Å². The highest BCUT2D eigenvalue weighted by Gasteiger charge is 2.54. The van der Waals surface area contributed by atoms with Gasteiger partial charge in [-0.15, -0.1) is 0 Å². The zero-order chi connectivity index (χ0) is 22.0. The van der Waals surface area contributed by atoms with E-state index in [1.54, 1.807) is 6.92 Å². The molecule has 0 N–H and O–H groups in total. The van der Waals surface area contributed by atoms with Crippen molar-refractivity contribution in [2.75, 3.05) is 13.2 Å². The standard InChI is InChI=1S/C12H18O2.C8H12.C4H6N2O2/c1-2-14-12(13)11-9-7-5-3-4-6-8-10(9)11;1-2-4-6-8-7-5-3-1;1-2-8-4(7)3-6-5/h3-4,9-11H,2,5-8H2,1H3;1-2,7-8H,3-6H2;3H,2H2,1H3/b4-3-;2-1-,8-7?;/t9-,10+,11?;;. The lowest BCUT2D eigenvalue weighted by Gasteiger charge is -1.99. The van der Waals surface area contributed by atoms with Crippen molar-refractivity contribution in [1.82, 2.24) is 0 Å². The molecule has 0 aromatic rings. The average molecular weight is 417 g/mol. The number of rotatable bonds is 4. The van der Waals surface area contributed by atoms with Crippen molar-refractivity contribution in [3.63, 3.8) is 0 Å². The molecule has 0 spiro atoms. The lowest BCUT2D eigenvalue weighted by molar-refractivity contribution is -0.145. The Morgan fingerprint density at radius 2 is 1.27 bits per heavy atom. The number of ether oxygens (including phenoxy) is 2. The Labute approximate surface area is 180 Å². The second kappa shape index (κ2) is 16.3. The second-order valence-corrected chi connectivity index (χ2v) is 7.33. The zero-order valence-electron chi connectivity index (χ0n) is 18.4. The highest BCUT2D eigenvalue weighted by atomic mass is 16.5. The Morgan fingerprint density at radius 3 is 1.67 bits per heavy atom. The maximum absolute atomic E-state index is 11.6. The van der Waals surface area contributed by atoms with Gasteiger partial charge < -0.3 is 15.0 Å². The molecular formula is C24H36N2O4. The first-order chi connectivity index (χ1) is 14.7. The predicted octanol–water partition coefficient (Wildman–Crippen LogP) is 5.06. The molecule has 0 saturated heterocycles. The van der Waals surface area contributed by atoms with Crippen LogP contribution >= 0.6 is 0 Å². The van der Waals surface area contributed by atoms with E-state index in [4.69, 9.17) is 10.3 Å². The van der Waals surface area contributed by atoms with Gasteiger partial charge in [0.1, 0.15) is 0 Å². The summed E-state index contributed by atoms with van der Waals surface area (Å²) in [7, 11) is 0. The minimum absolute atomic E-state index is 0.0457. The summed E-state index contributed by atoms with van der Waals surface area (Å²) in [6.45, 7) is 4.37. The zero-order valence-corrected chi connectivity index (χ0v) is 18.4. The van der Waals surface area contributed by atoms with E-state index >= 15 is 0 Å². The fourth-order valence-corrected chi connectivity index (χ4v) is 3.72. The van der Waals surface area contributed by atoms with Crippen LogP contribution < -0.4 is 0 Å². The largest absolute Gasteiger partial charge is 0.466 e. The molecule has 166 valence electrons. The summed E-state index contributed by atoms with van der Waals surface area (Å²) in [4.78, 5) is 24.1. The van der Waals surface area contributed by atoms with Crippen LogP contribution in [0.4, 0.5) is 0 Å². The summed E-state index contributed by atoms with van der Waals surface area (Å²) in [6, 6.07) is 0. The molecule has 0 aromatic heterocycles. The molecule has 0 radical (unpaired) electrons. The van der Waals surface area contributed by atoms with Gasteiger partial charge in [0.05, 0.1) is 19.1 Å². The van der Waals surface area contributed by atoms with E-state index in [1.807, 2.05) is 6.92 Å². The van der Waals surface area contributed by atoms with E-state index < -0.39 is 5.97 Å². The van der Waals surface area contributed by atoms with Crippen LogP contribution in [0.25, 0.3) is 5.53 Å². The summed E-state index contributed by atoms with van der Waals surface area (Å²) in [6.07, 6.45) is 23.8. The number of fused-ring (bicyclic) bond motifs is 1. The van der Waals surface area contributed by atoms with Crippen LogP contribution in [-0.2, 0) is 19.1 Å². The van der Waals surface area contributed by atoms with Crippen LogP contribution in [-0.4, -0.2) is 36.2 Å². The van der Waals surface area contributed by atoms with Gasteiger partial charge in [-0.2, -0.15) is 4.79 Å². The highest BCUT2D eigenvalue weighted by molar-refractivity contribution is 6.20.